The van der Waals surface area contributed by atoms with E-state index in [1.165, 1.54) is 17.9 Å². The van der Waals surface area contributed by atoms with Crippen LogP contribution >= 0.6 is 0 Å². The maximum absolute atomic E-state index is 14.9. The first kappa shape index (κ1) is 21.8. The molecule has 2 atom stereocenters. The van der Waals surface area contributed by atoms with Crippen LogP contribution in [0.4, 0.5) is 14.9 Å². The number of hydrogen-bond acceptors (Lipinski definition) is 5. The number of rotatable bonds is 7. The van der Waals surface area contributed by atoms with Crippen molar-refractivity contribution in [2.45, 2.75) is 32.0 Å². The van der Waals surface area contributed by atoms with Gasteiger partial charge in [0.15, 0.2) is 0 Å². The second-order valence-corrected chi connectivity index (χ2v) is 8.09. The minimum atomic E-state index is -0.572. The number of carbonyl (C=O) groups is 3. The van der Waals surface area contributed by atoms with E-state index in [9.17, 15) is 18.8 Å². The van der Waals surface area contributed by atoms with Crippen LogP contribution in [-0.4, -0.2) is 54.6 Å². The van der Waals surface area contributed by atoms with Gasteiger partial charge >= 0.3 is 6.09 Å². The summed E-state index contributed by atoms with van der Waals surface area (Å²) in [7, 11) is 0. The molecule has 2 unspecified atom stereocenters. The number of amides is 3. The topological polar surface area (TPSA) is 105 Å². The third-order valence-electron chi connectivity index (χ3n) is 5.83. The van der Waals surface area contributed by atoms with Crippen molar-refractivity contribution in [2.24, 2.45) is 5.73 Å². The van der Waals surface area contributed by atoms with Crippen molar-refractivity contribution in [3.63, 3.8) is 0 Å². The molecule has 0 spiro atoms. The normalized spacial score (nSPS) is 20.6. The predicted molar refractivity (Wildman–Crippen MR) is 116 cm³/mol. The number of nitrogens with zero attached hydrogens (tertiary/aromatic N) is 2. The van der Waals surface area contributed by atoms with Crippen molar-refractivity contribution in [2.75, 3.05) is 24.5 Å². The summed E-state index contributed by atoms with van der Waals surface area (Å²) in [6.07, 6.45) is -0.275. The van der Waals surface area contributed by atoms with Gasteiger partial charge in [-0.1, -0.05) is 24.3 Å². The minimum Gasteiger partial charge on any atom is -0.442 e. The lowest BCUT2D eigenvalue weighted by Crippen LogP contribution is -2.54. The Morgan fingerprint density at radius 3 is 2.56 bits per heavy atom. The molecule has 2 saturated heterocycles. The Morgan fingerprint density at radius 1 is 1.22 bits per heavy atom. The highest BCUT2D eigenvalue weighted by atomic mass is 19.1. The second-order valence-electron chi connectivity index (χ2n) is 8.09. The molecule has 0 saturated carbocycles. The van der Waals surface area contributed by atoms with Gasteiger partial charge in [-0.25, -0.2) is 9.18 Å². The Morgan fingerprint density at radius 2 is 1.97 bits per heavy atom. The number of anilines is 1. The summed E-state index contributed by atoms with van der Waals surface area (Å²) in [6, 6.07) is 11.9. The maximum Gasteiger partial charge on any atom is 0.414 e. The first-order chi connectivity index (χ1) is 15.3. The fraction of sp³-hybridized carbons (Fsp3) is 0.348. The van der Waals surface area contributed by atoms with Crippen molar-refractivity contribution in [1.29, 1.82) is 0 Å². The largest absolute Gasteiger partial charge is 0.442 e. The van der Waals surface area contributed by atoms with Crippen LogP contribution in [0.25, 0.3) is 11.1 Å². The standard InChI is InChI=1S/C23H25FN4O4/c1-14(29)26-11-18-13-28(23(31)32-18)17-6-7-19(20(24)10-17)16-4-2-15(3-5-16)12-27-9-8-21(27)22(25)30/h2-7,10,18,21H,8-9,11-13H2,1H3,(H2,25,30)(H,26,29). The Labute approximate surface area is 185 Å². The monoisotopic (exact) mass is 440 g/mol. The lowest BCUT2D eigenvalue weighted by atomic mass is 9.99. The van der Waals surface area contributed by atoms with Crippen molar-refractivity contribution in [1.82, 2.24) is 10.2 Å². The smallest absolute Gasteiger partial charge is 0.414 e. The maximum atomic E-state index is 14.9. The number of nitrogens with two attached hydrogens (primary N) is 1. The second kappa shape index (κ2) is 8.96. The van der Waals surface area contributed by atoms with Gasteiger partial charge in [-0.3, -0.25) is 19.4 Å². The molecule has 2 heterocycles. The highest BCUT2D eigenvalue weighted by molar-refractivity contribution is 5.90. The predicted octanol–water partition coefficient (Wildman–Crippen LogP) is 2.01. The van der Waals surface area contributed by atoms with E-state index in [0.29, 0.717) is 23.4 Å². The molecular formula is C23H25FN4O4. The molecule has 0 radical (unpaired) electrons. The molecule has 9 heteroatoms. The first-order valence-corrected chi connectivity index (χ1v) is 10.5. The van der Waals surface area contributed by atoms with E-state index in [1.807, 2.05) is 29.2 Å². The molecule has 8 nitrogen and oxygen atoms in total. The van der Waals surface area contributed by atoms with Gasteiger partial charge in [0, 0.05) is 25.6 Å². The summed E-state index contributed by atoms with van der Waals surface area (Å²) in [5, 5.41) is 2.61. The number of likely N-dealkylation sites (tertiary alicyclic amines) is 1. The van der Waals surface area contributed by atoms with Gasteiger partial charge in [-0.2, -0.15) is 0 Å². The molecule has 2 fully saturated rings. The number of halogens is 1. The van der Waals surface area contributed by atoms with Crippen molar-refractivity contribution >= 4 is 23.6 Å². The summed E-state index contributed by atoms with van der Waals surface area (Å²) < 4.78 is 20.1. The summed E-state index contributed by atoms with van der Waals surface area (Å²) in [5.41, 5.74) is 7.93. The molecule has 4 rings (SSSR count). The fourth-order valence-corrected chi connectivity index (χ4v) is 3.98. The first-order valence-electron chi connectivity index (χ1n) is 10.5. The Balaban J connectivity index is 1.43. The summed E-state index contributed by atoms with van der Waals surface area (Å²) >= 11 is 0. The van der Waals surface area contributed by atoms with E-state index >= 15 is 0 Å². The number of primary amides is 1. The van der Waals surface area contributed by atoms with Gasteiger partial charge in [-0.05, 0) is 35.7 Å². The molecule has 32 heavy (non-hydrogen) atoms. The van der Waals surface area contributed by atoms with Crippen molar-refractivity contribution in [3.05, 3.63) is 53.8 Å². The number of benzene rings is 2. The van der Waals surface area contributed by atoms with Crippen LogP contribution in [-0.2, 0) is 20.9 Å². The van der Waals surface area contributed by atoms with Gasteiger partial charge in [0.2, 0.25) is 11.8 Å². The number of hydrogen-bond donors (Lipinski definition) is 2. The molecule has 0 bridgehead atoms. The van der Waals surface area contributed by atoms with Gasteiger partial charge in [0.25, 0.3) is 0 Å². The summed E-state index contributed by atoms with van der Waals surface area (Å²) in [4.78, 5) is 37.9. The zero-order chi connectivity index (χ0) is 22.8. The van der Waals surface area contributed by atoms with Crippen LogP contribution in [0.1, 0.15) is 18.9 Å². The summed E-state index contributed by atoms with van der Waals surface area (Å²) in [6.45, 7) is 3.28. The Hall–Kier alpha value is -3.46. The lowest BCUT2D eigenvalue weighted by Gasteiger charge is -2.38. The van der Waals surface area contributed by atoms with E-state index < -0.39 is 18.0 Å². The number of cyclic esters (lactones) is 1. The van der Waals surface area contributed by atoms with Crippen LogP contribution in [0.3, 0.4) is 0 Å². The van der Waals surface area contributed by atoms with Crippen LogP contribution in [0, 0.1) is 5.82 Å². The average Bonchev–Trinajstić information content (AvgIpc) is 3.10. The molecule has 168 valence electrons. The Kier molecular flexibility index (Phi) is 6.09. The molecular weight excluding hydrogens is 415 g/mol. The molecule has 2 aliphatic heterocycles. The molecule has 0 aromatic heterocycles. The van der Waals surface area contributed by atoms with E-state index in [1.54, 1.807) is 12.1 Å². The molecule has 3 N–H and O–H groups in total. The van der Waals surface area contributed by atoms with Crippen LogP contribution in [0.5, 0.6) is 0 Å². The van der Waals surface area contributed by atoms with E-state index in [0.717, 1.165) is 18.5 Å². The number of carbonyl (C=O) groups excluding carboxylic acids is 3. The van der Waals surface area contributed by atoms with Gasteiger partial charge in [-0.15, -0.1) is 0 Å². The van der Waals surface area contributed by atoms with Gasteiger partial charge in [0.1, 0.15) is 11.9 Å². The summed E-state index contributed by atoms with van der Waals surface area (Å²) in [5.74, 6) is -0.971. The third-order valence-corrected chi connectivity index (χ3v) is 5.83. The van der Waals surface area contributed by atoms with E-state index in [-0.39, 0.29) is 30.9 Å². The van der Waals surface area contributed by atoms with Crippen molar-refractivity contribution < 1.29 is 23.5 Å². The van der Waals surface area contributed by atoms with Gasteiger partial charge < -0.3 is 15.8 Å². The highest BCUT2D eigenvalue weighted by Crippen LogP contribution is 2.30. The van der Waals surface area contributed by atoms with Crippen LogP contribution in [0.15, 0.2) is 42.5 Å². The number of ether oxygens (including phenoxy) is 1. The minimum absolute atomic E-state index is 0.210. The molecule has 2 aromatic carbocycles. The average molecular weight is 440 g/mol. The molecule has 2 aromatic rings. The molecule has 0 aliphatic carbocycles. The Bertz CT molecular complexity index is 1040. The van der Waals surface area contributed by atoms with Crippen LogP contribution < -0.4 is 16.0 Å². The van der Waals surface area contributed by atoms with Crippen molar-refractivity contribution in [3.8, 4) is 11.1 Å². The van der Waals surface area contributed by atoms with E-state index in [2.05, 4.69) is 5.32 Å². The molecule has 3 amide bonds. The highest BCUT2D eigenvalue weighted by Gasteiger charge is 2.33. The SMILES string of the molecule is CC(=O)NCC1CN(c2ccc(-c3ccc(CN4CCC4C(N)=O)cc3)c(F)c2)C(=O)O1. The van der Waals surface area contributed by atoms with Gasteiger partial charge in [0.05, 0.1) is 24.8 Å². The zero-order valence-electron chi connectivity index (χ0n) is 17.7. The van der Waals surface area contributed by atoms with Crippen LogP contribution in [0.2, 0.25) is 0 Å². The quantitative estimate of drug-likeness (QED) is 0.685. The fourth-order valence-electron chi connectivity index (χ4n) is 3.98. The third kappa shape index (κ3) is 4.57. The number of nitrogens with one attached hydrogen (secondary N) is 1. The lowest BCUT2D eigenvalue weighted by molar-refractivity contribution is -0.127. The zero-order valence-corrected chi connectivity index (χ0v) is 17.7. The molecule has 2 aliphatic rings. The van der Waals surface area contributed by atoms with E-state index in [4.69, 9.17) is 10.5 Å².